The number of ether oxygens (including phenoxy) is 4. The Hall–Kier alpha value is -3.09. The molecule has 1 heterocycles. The zero-order chi connectivity index (χ0) is 19.9. The van der Waals surface area contributed by atoms with Crippen LogP contribution in [0, 0.1) is 0 Å². The fraction of sp³-hybridized carbons (Fsp3) is 0.381. The fourth-order valence-electron chi connectivity index (χ4n) is 3.22. The maximum Gasteiger partial charge on any atom is 0.191 e. The Morgan fingerprint density at radius 3 is 2.39 bits per heavy atom. The predicted molar refractivity (Wildman–Crippen MR) is 109 cm³/mol. The summed E-state index contributed by atoms with van der Waals surface area (Å²) in [6, 6.07) is 11.8. The first-order valence-electron chi connectivity index (χ1n) is 9.16. The molecule has 2 aromatic rings. The second kappa shape index (κ2) is 9.21. The van der Waals surface area contributed by atoms with Crippen LogP contribution in [-0.2, 0) is 13.0 Å². The smallest absolute Gasteiger partial charge is 0.191 e. The second-order valence-corrected chi connectivity index (χ2v) is 6.37. The van der Waals surface area contributed by atoms with E-state index in [9.17, 15) is 0 Å². The molecule has 150 valence electrons. The van der Waals surface area contributed by atoms with E-state index in [1.807, 2.05) is 30.3 Å². The van der Waals surface area contributed by atoms with Gasteiger partial charge in [-0.05, 0) is 11.6 Å². The molecule has 0 bridgehead atoms. The van der Waals surface area contributed by atoms with Crippen molar-refractivity contribution in [2.24, 2.45) is 4.99 Å². The molecule has 2 N–H and O–H groups in total. The summed E-state index contributed by atoms with van der Waals surface area (Å²) in [7, 11) is 6.60. The van der Waals surface area contributed by atoms with Crippen molar-refractivity contribution in [3.63, 3.8) is 0 Å². The van der Waals surface area contributed by atoms with E-state index in [2.05, 4.69) is 21.7 Å². The first-order chi connectivity index (χ1) is 13.7. The van der Waals surface area contributed by atoms with Crippen LogP contribution >= 0.6 is 0 Å². The lowest BCUT2D eigenvalue weighted by Crippen LogP contribution is -2.42. The van der Waals surface area contributed by atoms with Gasteiger partial charge >= 0.3 is 0 Å². The van der Waals surface area contributed by atoms with Crippen molar-refractivity contribution in [2.75, 3.05) is 34.9 Å². The number of methoxy groups -OCH3 is 3. The standard InChI is InChI=1S/C21H27N3O4/c1-22-21(23-12-16-9-14-7-5-6-8-18(14)28-16)24-13-17-19(26-3)10-15(25-2)11-20(17)27-4/h5-8,10-11,16H,9,12-13H2,1-4H3,(H2,22,23,24). The summed E-state index contributed by atoms with van der Waals surface area (Å²) in [5.74, 6) is 3.70. The van der Waals surface area contributed by atoms with Gasteiger partial charge < -0.3 is 29.6 Å². The highest BCUT2D eigenvalue weighted by Gasteiger charge is 2.22. The van der Waals surface area contributed by atoms with Gasteiger partial charge in [0.2, 0.25) is 0 Å². The lowest BCUT2D eigenvalue weighted by Gasteiger charge is -2.18. The van der Waals surface area contributed by atoms with Crippen LogP contribution in [0.5, 0.6) is 23.0 Å². The molecule has 7 heteroatoms. The van der Waals surface area contributed by atoms with Gasteiger partial charge in [-0.15, -0.1) is 0 Å². The molecule has 0 amide bonds. The van der Waals surface area contributed by atoms with Crippen LogP contribution in [0.4, 0.5) is 0 Å². The second-order valence-electron chi connectivity index (χ2n) is 6.37. The van der Waals surface area contributed by atoms with E-state index in [0.29, 0.717) is 36.3 Å². The molecule has 7 nitrogen and oxygen atoms in total. The average molecular weight is 385 g/mol. The number of nitrogens with zero attached hydrogens (tertiary/aromatic N) is 1. The van der Waals surface area contributed by atoms with Gasteiger partial charge in [0.25, 0.3) is 0 Å². The highest BCUT2D eigenvalue weighted by Crippen LogP contribution is 2.34. The van der Waals surface area contributed by atoms with Gasteiger partial charge in [-0.1, -0.05) is 18.2 Å². The third kappa shape index (κ3) is 4.42. The van der Waals surface area contributed by atoms with Crippen LogP contribution in [0.25, 0.3) is 0 Å². The largest absolute Gasteiger partial charge is 0.496 e. The van der Waals surface area contributed by atoms with Crippen molar-refractivity contribution in [2.45, 2.75) is 19.1 Å². The van der Waals surface area contributed by atoms with Crippen molar-refractivity contribution >= 4 is 5.96 Å². The molecule has 28 heavy (non-hydrogen) atoms. The SMILES string of the molecule is CN=C(NCc1c(OC)cc(OC)cc1OC)NCC1Cc2ccccc2O1. The maximum absolute atomic E-state index is 5.96. The molecule has 1 atom stereocenters. The van der Waals surface area contributed by atoms with Crippen molar-refractivity contribution in [1.29, 1.82) is 0 Å². The maximum atomic E-state index is 5.96. The van der Waals surface area contributed by atoms with Gasteiger partial charge in [0.1, 0.15) is 29.1 Å². The molecule has 1 aliphatic rings. The van der Waals surface area contributed by atoms with Gasteiger partial charge in [-0.2, -0.15) is 0 Å². The predicted octanol–water partition coefficient (Wildman–Crippen LogP) is 2.38. The molecule has 1 unspecified atom stereocenters. The lowest BCUT2D eigenvalue weighted by atomic mass is 10.1. The fourth-order valence-corrected chi connectivity index (χ4v) is 3.22. The number of nitrogens with one attached hydrogen (secondary N) is 2. The Morgan fingerprint density at radius 1 is 1.07 bits per heavy atom. The van der Waals surface area contributed by atoms with Crippen LogP contribution < -0.4 is 29.6 Å². The van der Waals surface area contributed by atoms with E-state index in [-0.39, 0.29) is 6.10 Å². The van der Waals surface area contributed by atoms with Crippen LogP contribution in [0.1, 0.15) is 11.1 Å². The highest BCUT2D eigenvalue weighted by atomic mass is 16.5. The van der Waals surface area contributed by atoms with Crippen molar-refractivity contribution in [3.05, 3.63) is 47.5 Å². The number of guanidine groups is 1. The number of para-hydroxylation sites is 1. The first kappa shape index (κ1) is 19.7. The number of hydrogen-bond donors (Lipinski definition) is 2. The Kier molecular flexibility index (Phi) is 6.47. The number of fused-ring (bicyclic) bond motifs is 1. The minimum atomic E-state index is 0.0843. The topological polar surface area (TPSA) is 73.3 Å². The first-order valence-corrected chi connectivity index (χ1v) is 9.16. The van der Waals surface area contributed by atoms with Crippen molar-refractivity contribution in [1.82, 2.24) is 10.6 Å². The Bertz CT molecular complexity index is 788. The Balaban J connectivity index is 1.59. The summed E-state index contributed by atoms with van der Waals surface area (Å²) < 4.78 is 22.2. The summed E-state index contributed by atoms with van der Waals surface area (Å²) in [5.41, 5.74) is 2.13. The molecule has 3 rings (SSSR count). The lowest BCUT2D eigenvalue weighted by molar-refractivity contribution is 0.235. The third-order valence-electron chi connectivity index (χ3n) is 4.68. The van der Waals surface area contributed by atoms with E-state index >= 15 is 0 Å². The van der Waals surface area contributed by atoms with E-state index in [4.69, 9.17) is 18.9 Å². The third-order valence-corrected chi connectivity index (χ3v) is 4.68. The molecule has 0 aromatic heterocycles. The molecule has 0 saturated carbocycles. The molecular weight excluding hydrogens is 358 g/mol. The monoisotopic (exact) mass is 385 g/mol. The molecular formula is C21H27N3O4. The molecule has 1 aliphatic heterocycles. The highest BCUT2D eigenvalue weighted by molar-refractivity contribution is 5.79. The summed E-state index contributed by atoms with van der Waals surface area (Å²) >= 11 is 0. The molecule has 0 aliphatic carbocycles. The Morgan fingerprint density at radius 2 is 1.79 bits per heavy atom. The zero-order valence-electron chi connectivity index (χ0n) is 16.7. The quantitative estimate of drug-likeness (QED) is 0.563. The zero-order valence-corrected chi connectivity index (χ0v) is 16.7. The molecule has 0 fully saturated rings. The van der Waals surface area contributed by atoms with E-state index in [1.54, 1.807) is 28.4 Å². The Labute approximate surface area is 165 Å². The van der Waals surface area contributed by atoms with Crippen molar-refractivity contribution < 1.29 is 18.9 Å². The van der Waals surface area contributed by atoms with Crippen LogP contribution in [0.2, 0.25) is 0 Å². The molecule has 0 spiro atoms. The summed E-state index contributed by atoms with van der Waals surface area (Å²) in [4.78, 5) is 4.29. The number of benzene rings is 2. The van der Waals surface area contributed by atoms with Crippen LogP contribution in [-0.4, -0.2) is 47.0 Å². The number of aliphatic imine (C=N–C) groups is 1. The molecule has 0 saturated heterocycles. The number of rotatable bonds is 7. The summed E-state index contributed by atoms with van der Waals surface area (Å²) in [6.45, 7) is 1.15. The van der Waals surface area contributed by atoms with Gasteiger partial charge in [0, 0.05) is 25.6 Å². The van der Waals surface area contributed by atoms with E-state index in [1.165, 1.54) is 5.56 Å². The minimum absolute atomic E-state index is 0.0843. The van der Waals surface area contributed by atoms with Gasteiger partial charge in [0.15, 0.2) is 5.96 Å². The van der Waals surface area contributed by atoms with Crippen LogP contribution in [0.3, 0.4) is 0 Å². The van der Waals surface area contributed by atoms with Gasteiger partial charge in [-0.3, -0.25) is 4.99 Å². The van der Waals surface area contributed by atoms with Gasteiger partial charge in [0.05, 0.1) is 40.0 Å². The average Bonchev–Trinajstić information content (AvgIpc) is 3.16. The number of hydrogen-bond acceptors (Lipinski definition) is 5. The summed E-state index contributed by atoms with van der Waals surface area (Å²) in [6.07, 6.45) is 0.973. The minimum Gasteiger partial charge on any atom is -0.496 e. The summed E-state index contributed by atoms with van der Waals surface area (Å²) in [5, 5.41) is 6.62. The molecule has 2 aromatic carbocycles. The normalized spacial score (nSPS) is 15.4. The van der Waals surface area contributed by atoms with E-state index in [0.717, 1.165) is 17.7 Å². The van der Waals surface area contributed by atoms with E-state index < -0.39 is 0 Å². The van der Waals surface area contributed by atoms with Crippen LogP contribution in [0.15, 0.2) is 41.4 Å². The van der Waals surface area contributed by atoms with Gasteiger partial charge in [-0.25, -0.2) is 0 Å². The van der Waals surface area contributed by atoms with Crippen molar-refractivity contribution in [3.8, 4) is 23.0 Å². The molecule has 0 radical (unpaired) electrons.